The van der Waals surface area contributed by atoms with Crippen LogP contribution in [0.1, 0.15) is 45.1 Å². The van der Waals surface area contributed by atoms with Gasteiger partial charge in [-0.1, -0.05) is 26.0 Å². The minimum Gasteiger partial charge on any atom is -0.375 e. The minimum atomic E-state index is -0.369. The highest BCUT2D eigenvalue weighted by molar-refractivity contribution is 5.32. The Morgan fingerprint density at radius 2 is 2.00 bits per heavy atom. The number of nitrogens with one attached hydrogen (secondary N) is 1. The molecule has 0 spiro atoms. The molecule has 0 bridgehead atoms. The van der Waals surface area contributed by atoms with Crippen LogP contribution in [0.15, 0.2) is 24.3 Å². The Bertz CT molecular complexity index is 469. The molecule has 0 radical (unpaired) electrons. The molecule has 1 heterocycles. The predicted molar refractivity (Wildman–Crippen MR) is 82.2 cm³/mol. The second kappa shape index (κ2) is 7.00. The van der Waals surface area contributed by atoms with E-state index in [1.807, 2.05) is 12.1 Å². The van der Waals surface area contributed by atoms with Gasteiger partial charge in [-0.15, -0.1) is 0 Å². The van der Waals surface area contributed by atoms with Gasteiger partial charge in [0.1, 0.15) is 0 Å². The largest absolute Gasteiger partial charge is 0.375 e. The summed E-state index contributed by atoms with van der Waals surface area (Å²) >= 11 is 0. The zero-order valence-corrected chi connectivity index (χ0v) is 12.8. The van der Waals surface area contributed by atoms with Crippen LogP contribution in [-0.2, 0) is 11.3 Å². The van der Waals surface area contributed by atoms with E-state index in [0.717, 1.165) is 44.4 Å². The Morgan fingerprint density at radius 1 is 1.33 bits per heavy atom. The Balaban J connectivity index is 1.89. The van der Waals surface area contributed by atoms with Crippen molar-refractivity contribution in [2.45, 2.75) is 57.7 Å². The first-order valence-corrected chi connectivity index (χ1v) is 7.69. The van der Waals surface area contributed by atoms with Gasteiger partial charge in [0.25, 0.3) is 5.69 Å². The van der Waals surface area contributed by atoms with Crippen LogP contribution in [0.3, 0.4) is 0 Å². The van der Waals surface area contributed by atoms with Gasteiger partial charge in [0, 0.05) is 31.3 Å². The zero-order chi connectivity index (χ0) is 15.3. The van der Waals surface area contributed by atoms with Crippen molar-refractivity contribution in [3.63, 3.8) is 0 Å². The third-order valence-corrected chi connectivity index (χ3v) is 4.52. The molecule has 2 rings (SSSR count). The van der Waals surface area contributed by atoms with Crippen LogP contribution in [0, 0.1) is 10.1 Å². The summed E-state index contributed by atoms with van der Waals surface area (Å²) < 4.78 is 5.97. The van der Waals surface area contributed by atoms with Crippen molar-refractivity contribution in [1.29, 1.82) is 0 Å². The topological polar surface area (TPSA) is 64.4 Å². The van der Waals surface area contributed by atoms with E-state index in [1.54, 1.807) is 12.1 Å². The Labute approximate surface area is 125 Å². The molecule has 1 atom stereocenters. The number of ether oxygens (including phenoxy) is 1. The summed E-state index contributed by atoms with van der Waals surface area (Å²) in [4.78, 5) is 10.3. The minimum absolute atomic E-state index is 0.0192. The molecule has 0 saturated carbocycles. The third-order valence-electron chi connectivity index (χ3n) is 4.52. The van der Waals surface area contributed by atoms with Crippen LogP contribution < -0.4 is 5.32 Å². The molecule has 21 heavy (non-hydrogen) atoms. The highest BCUT2D eigenvalue weighted by atomic mass is 16.6. The first-order valence-electron chi connectivity index (χ1n) is 7.69. The average Bonchev–Trinajstić information content (AvgIpc) is 2.53. The van der Waals surface area contributed by atoms with E-state index in [0.29, 0.717) is 6.04 Å². The lowest BCUT2D eigenvalue weighted by molar-refractivity contribution is -0.384. The fourth-order valence-electron chi connectivity index (χ4n) is 2.94. The molecule has 5 nitrogen and oxygen atoms in total. The molecule has 1 N–H and O–H groups in total. The van der Waals surface area contributed by atoms with Gasteiger partial charge < -0.3 is 10.1 Å². The lowest BCUT2D eigenvalue weighted by atomic mass is 9.86. The second-order valence-electron chi connectivity index (χ2n) is 5.73. The number of non-ortho nitro benzene ring substituents is 1. The zero-order valence-electron chi connectivity index (χ0n) is 12.8. The van der Waals surface area contributed by atoms with Crippen molar-refractivity contribution in [1.82, 2.24) is 5.32 Å². The Morgan fingerprint density at radius 3 is 2.57 bits per heavy atom. The maximum Gasteiger partial charge on any atom is 0.269 e. The summed E-state index contributed by atoms with van der Waals surface area (Å²) in [5.74, 6) is 0. The van der Waals surface area contributed by atoms with E-state index < -0.39 is 0 Å². The molecule has 1 aromatic rings. The van der Waals surface area contributed by atoms with E-state index in [4.69, 9.17) is 4.74 Å². The summed E-state index contributed by atoms with van der Waals surface area (Å²) in [6.07, 6.45) is 4.14. The van der Waals surface area contributed by atoms with Gasteiger partial charge in [-0.3, -0.25) is 10.1 Å². The summed E-state index contributed by atoms with van der Waals surface area (Å²) in [5.41, 5.74) is 1.23. The normalized spacial score (nSPS) is 21.1. The lowest BCUT2D eigenvalue weighted by Gasteiger charge is -2.40. The van der Waals surface area contributed by atoms with Crippen LogP contribution in [0.5, 0.6) is 0 Å². The summed E-state index contributed by atoms with van der Waals surface area (Å²) in [7, 11) is 0. The number of nitro benzene ring substituents is 1. The third kappa shape index (κ3) is 4.02. The summed E-state index contributed by atoms with van der Waals surface area (Å²) in [6, 6.07) is 7.20. The SMILES string of the molecule is CCC1(CC)CC(NCc2ccc([N+](=O)[O-])cc2)CCO1. The van der Waals surface area contributed by atoms with Gasteiger partial charge >= 0.3 is 0 Å². The van der Waals surface area contributed by atoms with E-state index in [2.05, 4.69) is 19.2 Å². The molecule has 1 unspecified atom stereocenters. The number of nitrogens with zero attached hydrogens (tertiary/aromatic N) is 1. The van der Waals surface area contributed by atoms with Crippen LogP contribution in [0.25, 0.3) is 0 Å². The van der Waals surface area contributed by atoms with E-state index >= 15 is 0 Å². The molecular weight excluding hydrogens is 268 g/mol. The smallest absolute Gasteiger partial charge is 0.269 e. The number of nitro groups is 1. The Kier molecular flexibility index (Phi) is 5.31. The average molecular weight is 292 g/mol. The van der Waals surface area contributed by atoms with Crippen LogP contribution >= 0.6 is 0 Å². The van der Waals surface area contributed by atoms with Crippen LogP contribution in [0.4, 0.5) is 5.69 Å². The first-order chi connectivity index (χ1) is 10.1. The maximum atomic E-state index is 10.6. The highest BCUT2D eigenvalue weighted by Gasteiger charge is 2.34. The van der Waals surface area contributed by atoms with E-state index in [-0.39, 0.29) is 16.2 Å². The molecular formula is C16H24N2O3. The molecule has 1 saturated heterocycles. The lowest BCUT2D eigenvalue weighted by Crippen LogP contribution is -2.46. The summed E-state index contributed by atoms with van der Waals surface area (Å²) in [5, 5.41) is 14.2. The van der Waals surface area contributed by atoms with Gasteiger partial charge in [-0.25, -0.2) is 0 Å². The fourth-order valence-corrected chi connectivity index (χ4v) is 2.94. The molecule has 0 aromatic heterocycles. The van der Waals surface area contributed by atoms with Crippen molar-refractivity contribution >= 4 is 5.69 Å². The second-order valence-corrected chi connectivity index (χ2v) is 5.73. The molecule has 116 valence electrons. The molecule has 1 fully saturated rings. The fraction of sp³-hybridized carbons (Fsp3) is 0.625. The molecule has 1 aliphatic rings. The van der Waals surface area contributed by atoms with Crippen LogP contribution in [0.2, 0.25) is 0 Å². The Hall–Kier alpha value is -1.46. The van der Waals surface area contributed by atoms with Gasteiger partial charge in [-0.05, 0) is 31.2 Å². The highest BCUT2D eigenvalue weighted by Crippen LogP contribution is 2.31. The summed E-state index contributed by atoms with van der Waals surface area (Å²) in [6.45, 7) is 5.91. The van der Waals surface area contributed by atoms with Crippen molar-refractivity contribution in [3.05, 3.63) is 39.9 Å². The molecule has 0 amide bonds. The molecule has 1 aromatic carbocycles. The van der Waals surface area contributed by atoms with Gasteiger partial charge in [0.05, 0.1) is 10.5 Å². The van der Waals surface area contributed by atoms with Gasteiger partial charge in [0.15, 0.2) is 0 Å². The van der Waals surface area contributed by atoms with E-state index in [9.17, 15) is 10.1 Å². The number of rotatable bonds is 6. The van der Waals surface area contributed by atoms with Crippen molar-refractivity contribution < 1.29 is 9.66 Å². The first kappa shape index (κ1) is 15.9. The maximum absolute atomic E-state index is 10.6. The van der Waals surface area contributed by atoms with Crippen molar-refractivity contribution in [2.75, 3.05) is 6.61 Å². The molecule has 0 aliphatic carbocycles. The number of hydrogen-bond acceptors (Lipinski definition) is 4. The van der Waals surface area contributed by atoms with Crippen LogP contribution in [-0.4, -0.2) is 23.2 Å². The van der Waals surface area contributed by atoms with Gasteiger partial charge in [-0.2, -0.15) is 0 Å². The monoisotopic (exact) mass is 292 g/mol. The number of benzene rings is 1. The predicted octanol–water partition coefficient (Wildman–Crippen LogP) is 3.42. The van der Waals surface area contributed by atoms with Crippen molar-refractivity contribution in [2.24, 2.45) is 0 Å². The van der Waals surface area contributed by atoms with E-state index in [1.165, 1.54) is 0 Å². The van der Waals surface area contributed by atoms with Crippen molar-refractivity contribution in [3.8, 4) is 0 Å². The molecule has 5 heteroatoms. The quantitative estimate of drug-likeness (QED) is 0.644. The number of hydrogen-bond donors (Lipinski definition) is 1. The van der Waals surface area contributed by atoms with Gasteiger partial charge in [0.2, 0.25) is 0 Å². The standard InChI is InChI=1S/C16H24N2O3/c1-3-16(4-2)11-14(9-10-21-16)17-12-13-5-7-15(8-6-13)18(19)20/h5-8,14,17H,3-4,9-12H2,1-2H3. The molecule has 1 aliphatic heterocycles.